The number of nitrogens with zero attached hydrogens (tertiary/aromatic N) is 1. The number of anilines is 1. The van der Waals surface area contributed by atoms with Gasteiger partial charge in [0.1, 0.15) is 0 Å². The quantitative estimate of drug-likeness (QED) is 0.708. The highest BCUT2D eigenvalue weighted by Gasteiger charge is 2.28. The Morgan fingerprint density at radius 2 is 1.82 bits per heavy atom. The second kappa shape index (κ2) is 5.75. The van der Waals surface area contributed by atoms with Gasteiger partial charge in [0, 0.05) is 10.4 Å². The topological polar surface area (TPSA) is 63.4 Å². The van der Waals surface area contributed by atoms with Gasteiger partial charge >= 0.3 is 0 Å². The molecule has 0 saturated carbocycles. The van der Waals surface area contributed by atoms with Crippen molar-refractivity contribution in [1.29, 1.82) is 0 Å². The van der Waals surface area contributed by atoms with Crippen LogP contribution in [0, 0.1) is 0 Å². The normalized spacial score (nSPS) is 14.3. The second-order valence-corrected chi connectivity index (χ2v) is 6.18. The Morgan fingerprint density at radius 3 is 2.35 bits per heavy atom. The molecule has 2 N–H and O–H groups in total. The molecule has 1 aliphatic rings. The van der Waals surface area contributed by atoms with Gasteiger partial charge in [-0.2, -0.15) is 0 Å². The van der Waals surface area contributed by atoms with E-state index in [1.165, 1.54) is 10.6 Å². The maximum atomic E-state index is 8.81. The molecule has 0 atom stereocenters. The first kappa shape index (κ1) is 14.3. The van der Waals surface area contributed by atoms with Crippen LogP contribution in [-0.4, -0.2) is 19.8 Å². The van der Waals surface area contributed by atoms with E-state index in [9.17, 15) is 0 Å². The standard InChI is InChI=1S/C11H15NS.H3NO2S/c1-11(2,3)12-8-13-10-7-5-4-6-9(10)12;1-4(2)3/h4-7H,8H2,1-3H3;4H,(H2,1,2,3). The summed E-state index contributed by atoms with van der Waals surface area (Å²) in [5.74, 6) is 1.09. The van der Waals surface area contributed by atoms with E-state index >= 15 is 0 Å². The van der Waals surface area contributed by atoms with Gasteiger partial charge in [0.15, 0.2) is 10.9 Å². The van der Waals surface area contributed by atoms with Crippen molar-refractivity contribution in [3.8, 4) is 0 Å². The highest BCUT2D eigenvalue weighted by molar-refractivity contribution is 7.99. The lowest BCUT2D eigenvalue weighted by atomic mass is 10.1. The van der Waals surface area contributed by atoms with Crippen LogP contribution >= 0.6 is 11.8 Å². The van der Waals surface area contributed by atoms with Gasteiger partial charge in [-0.1, -0.05) is 12.1 Å². The SMILES string of the molecule is CC(C)(C)N1CSc2ccccc21.N[SH](=O)=O. The van der Waals surface area contributed by atoms with Crippen LogP contribution in [0.1, 0.15) is 20.8 Å². The summed E-state index contributed by atoms with van der Waals surface area (Å²) >= 11 is 1.93. The first-order valence-electron chi connectivity index (χ1n) is 5.21. The van der Waals surface area contributed by atoms with Crippen LogP contribution in [0.5, 0.6) is 0 Å². The van der Waals surface area contributed by atoms with Crippen molar-refractivity contribution in [3.63, 3.8) is 0 Å². The van der Waals surface area contributed by atoms with Crippen LogP contribution in [-0.2, 0) is 10.9 Å². The lowest BCUT2D eigenvalue weighted by molar-refractivity contribution is 0.534. The molecule has 0 amide bonds. The molecule has 0 aromatic heterocycles. The fourth-order valence-electron chi connectivity index (χ4n) is 1.56. The van der Waals surface area contributed by atoms with Crippen molar-refractivity contribution in [2.45, 2.75) is 31.2 Å². The maximum Gasteiger partial charge on any atom is 0.198 e. The third-order valence-corrected chi connectivity index (χ3v) is 3.36. The molecule has 1 aromatic carbocycles. The van der Waals surface area contributed by atoms with E-state index in [0.717, 1.165) is 5.88 Å². The van der Waals surface area contributed by atoms with E-state index in [1.807, 2.05) is 11.8 Å². The van der Waals surface area contributed by atoms with Crippen molar-refractivity contribution in [1.82, 2.24) is 0 Å². The number of benzene rings is 1. The van der Waals surface area contributed by atoms with Gasteiger partial charge in [-0.25, -0.2) is 13.6 Å². The van der Waals surface area contributed by atoms with Gasteiger partial charge in [-0.05, 0) is 32.9 Å². The molecule has 0 saturated heterocycles. The van der Waals surface area contributed by atoms with Crippen LogP contribution in [0.2, 0.25) is 0 Å². The van der Waals surface area contributed by atoms with E-state index in [1.54, 1.807) is 0 Å². The number of hydrogen-bond donors (Lipinski definition) is 2. The average Bonchev–Trinajstić information content (AvgIpc) is 2.58. The zero-order valence-corrected chi connectivity index (χ0v) is 11.9. The fourth-order valence-corrected chi connectivity index (χ4v) is 2.86. The minimum atomic E-state index is -2.62. The lowest BCUT2D eigenvalue weighted by Gasteiger charge is -2.33. The van der Waals surface area contributed by atoms with Crippen molar-refractivity contribution >= 4 is 28.3 Å². The zero-order valence-electron chi connectivity index (χ0n) is 10.2. The van der Waals surface area contributed by atoms with Gasteiger partial charge in [-0.3, -0.25) is 0 Å². The predicted molar refractivity (Wildman–Crippen MR) is 73.9 cm³/mol. The predicted octanol–water partition coefficient (Wildman–Crippen LogP) is 1.83. The fraction of sp³-hybridized carbons (Fsp3) is 0.455. The largest absolute Gasteiger partial charge is 0.356 e. The Kier molecular flexibility index (Phi) is 4.85. The third kappa shape index (κ3) is 4.22. The number of hydrogen-bond acceptors (Lipinski definition) is 4. The summed E-state index contributed by atoms with van der Waals surface area (Å²) in [5.41, 5.74) is 1.62. The Morgan fingerprint density at radius 1 is 1.29 bits per heavy atom. The Balaban J connectivity index is 0.000000317. The van der Waals surface area contributed by atoms with Crippen molar-refractivity contribution in [2.75, 3.05) is 10.8 Å². The maximum absolute atomic E-state index is 8.81. The van der Waals surface area contributed by atoms with Crippen LogP contribution in [0.15, 0.2) is 29.2 Å². The molecular weight excluding hydrogens is 256 g/mol. The molecule has 1 aromatic rings. The lowest BCUT2D eigenvalue weighted by Crippen LogP contribution is -2.39. The first-order chi connectivity index (χ1) is 7.82. The summed E-state index contributed by atoms with van der Waals surface area (Å²) in [6.07, 6.45) is 0. The molecule has 4 nitrogen and oxygen atoms in total. The number of thiol groups is 1. The van der Waals surface area contributed by atoms with Crippen molar-refractivity contribution in [3.05, 3.63) is 24.3 Å². The number of fused-ring (bicyclic) bond motifs is 1. The molecule has 0 spiro atoms. The molecular formula is C11H18N2O2S2. The summed E-state index contributed by atoms with van der Waals surface area (Å²) in [6, 6.07) is 8.63. The molecule has 2 rings (SSSR count). The molecule has 1 heterocycles. The molecule has 0 aliphatic carbocycles. The molecule has 0 fully saturated rings. The number of thioether (sulfide) groups is 1. The van der Waals surface area contributed by atoms with Crippen molar-refractivity contribution < 1.29 is 8.42 Å². The molecule has 0 bridgehead atoms. The summed E-state index contributed by atoms with van der Waals surface area (Å²) < 4.78 is 17.6. The summed E-state index contributed by atoms with van der Waals surface area (Å²) in [7, 11) is -2.62. The number of para-hydroxylation sites is 1. The minimum absolute atomic E-state index is 0.236. The Hall–Kier alpha value is -0.720. The number of rotatable bonds is 0. The summed E-state index contributed by atoms with van der Waals surface area (Å²) in [6.45, 7) is 6.78. The van der Waals surface area contributed by atoms with Gasteiger partial charge in [0.2, 0.25) is 0 Å². The smallest absolute Gasteiger partial charge is 0.198 e. The zero-order chi connectivity index (χ0) is 13.1. The summed E-state index contributed by atoms with van der Waals surface area (Å²) in [5, 5.41) is 4.06. The molecule has 96 valence electrons. The molecule has 17 heavy (non-hydrogen) atoms. The van der Waals surface area contributed by atoms with Gasteiger partial charge < -0.3 is 4.90 Å². The van der Waals surface area contributed by atoms with E-state index < -0.39 is 10.9 Å². The number of nitrogens with two attached hydrogens (primary N) is 1. The van der Waals surface area contributed by atoms with Crippen LogP contribution < -0.4 is 10.0 Å². The highest BCUT2D eigenvalue weighted by atomic mass is 32.2. The minimum Gasteiger partial charge on any atom is -0.356 e. The van der Waals surface area contributed by atoms with Crippen LogP contribution in [0.25, 0.3) is 0 Å². The molecule has 0 radical (unpaired) electrons. The first-order valence-corrected chi connectivity index (χ1v) is 7.44. The van der Waals surface area contributed by atoms with E-state index in [2.05, 4.69) is 55.1 Å². The van der Waals surface area contributed by atoms with Crippen LogP contribution in [0.4, 0.5) is 5.69 Å². The van der Waals surface area contributed by atoms with Gasteiger partial charge in [0.25, 0.3) is 0 Å². The third-order valence-electron chi connectivity index (χ3n) is 2.31. The van der Waals surface area contributed by atoms with E-state index in [-0.39, 0.29) is 5.54 Å². The Labute approximate surface area is 108 Å². The average molecular weight is 274 g/mol. The van der Waals surface area contributed by atoms with E-state index in [4.69, 9.17) is 8.42 Å². The van der Waals surface area contributed by atoms with E-state index in [0.29, 0.717) is 0 Å². The highest BCUT2D eigenvalue weighted by Crippen LogP contribution is 2.41. The molecule has 0 unspecified atom stereocenters. The second-order valence-electron chi connectivity index (χ2n) is 4.63. The van der Waals surface area contributed by atoms with Crippen LogP contribution in [0.3, 0.4) is 0 Å². The summed E-state index contributed by atoms with van der Waals surface area (Å²) in [4.78, 5) is 3.87. The Bertz CT molecular complexity index is 445. The van der Waals surface area contributed by atoms with Gasteiger partial charge in [0.05, 0.1) is 11.6 Å². The molecule has 1 aliphatic heterocycles. The molecule has 6 heteroatoms. The van der Waals surface area contributed by atoms with Crippen molar-refractivity contribution in [2.24, 2.45) is 5.14 Å². The van der Waals surface area contributed by atoms with Gasteiger partial charge in [-0.15, -0.1) is 11.8 Å². The monoisotopic (exact) mass is 274 g/mol.